The number of nitrogens with zero attached hydrogens (tertiary/aromatic N) is 1. The van der Waals surface area contributed by atoms with Crippen LogP contribution in [-0.4, -0.2) is 6.04 Å². The van der Waals surface area contributed by atoms with E-state index in [9.17, 15) is 0 Å². The monoisotopic (exact) mass is 184 g/mol. The van der Waals surface area contributed by atoms with Crippen molar-refractivity contribution < 1.29 is 1.43 Å². The molecule has 2 nitrogen and oxygen atoms in total. The lowest BCUT2D eigenvalue weighted by atomic mass is 10.2. The average Bonchev–Trinajstić information content (AvgIpc) is 2.60. The summed E-state index contributed by atoms with van der Waals surface area (Å²) >= 11 is 1.64. The highest BCUT2D eigenvalue weighted by Gasteiger charge is 2.00. The molecule has 2 N–H and O–H groups in total. The van der Waals surface area contributed by atoms with Crippen LogP contribution in [0, 0.1) is 11.3 Å². The summed E-state index contributed by atoms with van der Waals surface area (Å²) in [6.45, 7) is 4.00. The van der Waals surface area contributed by atoms with Crippen molar-refractivity contribution in [1.82, 2.24) is 0 Å². The molecule has 12 heavy (non-hydrogen) atoms. The highest BCUT2D eigenvalue weighted by molar-refractivity contribution is 7.09. The molecule has 0 aromatic carbocycles. The first-order valence-electron chi connectivity index (χ1n) is 4.00. The van der Waals surface area contributed by atoms with Gasteiger partial charge in [0.15, 0.2) is 0 Å². The summed E-state index contributed by atoms with van der Waals surface area (Å²) in [6.07, 6.45) is 0.675. The Kier molecular flexibility index (Phi) is 6.35. The molecule has 0 aliphatic carbocycles. The average molecular weight is 184 g/mol. The topological polar surface area (TPSA) is 49.8 Å². The maximum atomic E-state index is 8.36. The van der Waals surface area contributed by atoms with Gasteiger partial charge in [-0.1, -0.05) is 19.9 Å². The fraction of sp³-hybridized carbons (Fsp3) is 0.444. The van der Waals surface area contributed by atoms with Crippen molar-refractivity contribution in [2.75, 3.05) is 0 Å². The van der Waals surface area contributed by atoms with Gasteiger partial charge in [-0.3, -0.25) is 0 Å². The third-order valence-corrected chi connectivity index (χ3v) is 2.07. The third-order valence-electron chi connectivity index (χ3n) is 1.17. The second kappa shape index (κ2) is 6.84. The Morgan fingerprint density at radius 3 is 2.83 bits per heavy atom. The Hall–Kier alpha value is -0.850. The molecule has 68 valence electrons. The number of nitrogens with two attached hydrogens (primary N) is 1. The van der Waals surface area contributed by atoms with Gasteiger partial charge >= 0.3 is 0 Å². The molecular formula is C9H16N2S. The van der Waals surface area contributed by atoms with Gasteiger partial charge in [0.25, 0.3) is 0 Å². The smallest absolute Gasteiger partial charge is 0.0976 e. The summed E-state index contributed by atoms with van der Waals surface area (Å²) in [5.41, 5.74) is 5.41. The van der Waals surface area contributed by atoms with Crippen LogP contribution in [0.25, 0.3) is 0 Å². The van der Waals surface area contributed by atoms with Gasteiger partial charge in [-0.25, -0.2) is 0 Å². The van der Waals surface area contributed by atoms with Gasteiger partial charge in [0, 0.05) is 12.7 Å². The SMILES string of the molecule is CC.N#CC(N)Cc1cccs1.[HH]. The molecule has 0 fully saturated rings. The standard InChI is InChI=1S/C7H8N2S.C2H6.H2/c8-5-6(9)4-7-2-1-3-10-7;1-2;/h1-3,6H,4,9H2;1-2H3;1H. The van der Waals surface area contributed by atoms with Crippen LogP contribution in [0.1, 0.15) is 20.2 Å². The molecule has 3 heteroatoms. The molecule has 0 saturated carbocycles. The van der Waals surface area contributed by atoms with E-state index in [2.05, 4.69) is 0 Å². The van der Waals surface area contributed by atoms with Crippen LogP contribution in [0.5, 0.6) is 0 Å². The molecule has 0 aliphatic heterocycles. The van der Waals surface area contributed by atoms with E-state index in [4.69, 9.17) is 11.0 Å². The number of thiophene rings is 1. The summed E-state index contributed by atoms with van der Waals surface area (Å²) in [7, 11) is 0. The van der Waals surface area contributed by atoms with E-state index < -0.39 is 0 Å². The van der Waals surface area contributed by atoms with Crippen LogP contribution in [-0.2, 0) is 6.42 Å². The number of nitriles is 1. The van der Waals surface area contributed by atoms with E-state index in [0.29, 0.717) is 6.42 Å². The van der Waals surface area contributed by atoms with E-state index >= 15 is 0 Å². The van der Waals surface area contributed by atoms with Crippen LogP contribution >= 0.6 is 11.3 Å². The zero-order valence-corrected chi connectivity index (χ0v) is 8.27. The first-order valence-corrected chi connectivity index (χ1v) is 4.88. The van der Waals surface area contributed by atoms with Crippen molar-refractivity contribution in [3.05, 3.63) is 22.4 Å². The lowest BCUT2D eigenvalue weighted by Crippen LogP contribution is -2.19. The van der Waals surface area contributed by atoms with Gasteiger partial charge in [-0.2, -0.15) is 5.26 Å². The minimum Gasteiger partial charge on any atom is -0.316 e. The van der Waals surface area contributed by atoms with Crippen LogP contribution in [0.15, 0.2) is 17.5 Å². The summed E-state index contributed by atoms with van der Waals surface area (Å²) < 4.78 is 0. The molecular weight excluding hydrogens is 168 g/mol. The number of hydrogen-bond donors (Lipinski definition) is 1. The van der Waals surface area contributed by atoms with E-state index in [-0.39, 0.29) is 7.47 Å². The van der Waals surface area contributed by atoms with Crippen LogP contribution in [0.4, 0.5) is 0 Å². The predicted molar refractivity (Wildman–Crippen MR) is 55.1 cm³/mol. The molecule has 1 rings (SSSR count). The van der Waals surface area contributed by atoms with Gasteiger partial charge in [-0.15, -0.1) is 11.3 Å². The number of rotatable bonds is 2. The summed E-state index contributed by atoms with van der Waals surface area (Å²) in [5.74, 6) is 0. The molecule has 0 aliphatic rings. The van der Waals surface area contributed by atoms with E-state index in [1.807, 2.05) is 37.4 Å². The van der Waals surface area contributed by atoms with Crippen LogP contribution in [0.3, 0.4) is 0 Å². The van der Waals surface area contributed by atoms with Crippen LogP contribution in [0.2, 0.25) is 0 Å². The predicted octanol–water partition coefficient (Wildman–Crippen LogP) is 2.41. The minimum atomic E-state index is -0.348. The molecule has 1 aromatic rings. The van der Waals surface area contributed by atoms with Crippen LogP contribution < -0.4 is 5.73 Å². The highest BCUT2D eigenvalue weighted by Crippen LogP contribution is 2.09. The molecule has 1 aromatic heterocycles. The van der Waals surface area contributed by atoms with E-state index in [0.717, 1.165) is 0 Å². The third kappa shape index (κ3) is 4.12. The van der Waals surface area contributed by atoms with Gasteiger partial charge in [0.05, 0.1) is 12.1 Å². The maximum Gasteiger partial charge on any atom is 0.0976 e. The van der Waals surface area contributed by atoms with Crippen molar-refractivity contribution >= 4 is 11.3 Å². The lowest BCUT2D eigenvalue weighted by molar-refractivity contribution is 0.834. The number of hydrogen-bond acceptors (Lipinski definition) is 3. The lowest BCUT2D eigenvalue weighted by Gasteiger charge is -1.96. The fourth-order valence-electron chi connectivity index (χ4n) is 0.691. The first kappa shape index (κ1) is 11.2. The van der Waals surface area contributed by atoms with Gasteiger partial charge in [0.2, 0.25) is 0 Å². The van der Waals surface area contributed by atoms with Crippen molar-refractivity contribution in [1.29, 1.82) is 5.26 Å². The fourth-order valence-corrected chi connectivity index (χ4v) is 1.46. The second-order valence-electron chi connectivity index (χ2n) is 2.02. The Balaban J connectivity index is 0. The second-order valence-corrected chi connectivity index (χ2v) is 3.05. The van der Waals surface area contributed by atoms with E-state index in [1.54, 1.807) is 11.3 Å². The largest absolute Gasteiger partial charge is 0.316 e. The molecule has 0 spiro atoms. The Morgan fingerprint density at radius 1 is 1.75 bits per heavy atom. The van der Waals surface area contributed by atoms with E-state index in [1.165, 1.54) is 4.88 Å². The van der Waals surface area contributed by atoms with Crippen molar-refractivity contribution in [2.45, 2.75) is 26.3 Å². The highest BCUT2D eigenvalue weighted by atomic mass is 32.1. The molecule has 1 heterocycles. The maximum absolute atomic E-state index is 8.36. The molecule has 0 saturated heterocycles. The Morgan fingerprint density at radius 2 is 2.42 bits per heavy atom. The normalized spacial score (nSPS) is 10.8. The molecule has 0 bridgehead atoms. The van der Waals surface area contributed by atoms with Crippen molar-refractivity contribution in [3.8, 4) is 6.07 Å². The van der Waals surface area contributed by atoms with Gasteiger partial charge in [0.1, 0.15) is 0 Å². The van der Waals surface area contributed by atoms with Crippen molar-refractivity contribution in [2.24, 2.45) is 5.73 Å². The summed E-state index contributed by atoms with van der Waals surface area (Å²) in [4.78, 5) is 1.18. The molecule has 0 amide bonds. The molecule has 1 unspecified atom stereocenters. The van der Waals surface area contributed by atoms with Gasteiger partial charge in [-0.05, 0) is 11.4 Å². The molecule has 0 radical (unpaired) electrons. The molecule has 1 atom stereocenters. The Bertz CT molecular complexity index is 228. The zero-order chi connectivity index (χ0) is 9.40. The van der Waals surface area contributed by atoms with Gasteiger partial charge < -0.3 is 5.73 Å². The quantitative estimate of drug-likeness (QED) is 0.767. The van der Waals surface area contributed by atoms with Crippen molar-refractivity contribution in [3.63, 3.8) is 0 Å². The Labute approximate surface area is 79.1 Å². The zero-order valence-electron chi connectivity index (χ0n) is 7.45. The summed E-state index contributed by atoms with van der Waals surface area (Å²) in [5, 5.41) is 10.3. The first-order chi connectivity index (χ1) is 5.83. The minimum absolute atomic E-state index is 0. The summed E-state index contributed by atoms with van der Waals surface area (Å²) in [6, 6.07) is 5.59.